The van der Waals surface area contributed by atoms with Gasteiger partial charge in [-0.15, -0.1) is 0 Å². The highest BCUT2D eigenvalue weighted by molar-refractivity contribution is 5.96. The monoisotopic (exact) mass is 321 g/mol. The van der Waals surface area contributed by atoms with Crippen molar-refractivity contribution in [3.05, 3.63) is 90.0 Å². The van der Waals surface area contributed by atoms with Gasteiger partial charge in [-0.3, -0.25) is 0 Å². The molecule has 120 valence electrons. The predicted octanol–water partition coefficient (Wildman–Crippen LogP) is 6.06. The Morgan fingerprint density at radius 3 is 2.36 bits per heavy atom. The average Bonchev–Trinajstić information content (AvgIpc) is 3.15. The Morgan fingerprint density at radius 1 is 0.640 bits per heavy atom. The lowest BCUT2D eigenvalue weighted by atomic mass is 9.99. The van der Waals surface area contributed by atoms with Crippen LogP contribution in [0.1, 0.15) is 17.5 Å². The van der Waals surface area contributed by atoms with Gasteiger partial charge < -0.3 is 0 Å². The van der Waals surface area contributed by atoms with Crippen LogP contribution in [0.3, 0.4) is 0 Å². The molecule has 4 aromatic rings. The van der Waals surface area contributed by atoms with Crippen LogP contribution in [0.15, 0.2) is 78.9 Å². The second-order valence-electron chi connectivity index (χ2n) is 6.78. The molecule has 0 fully saturated rings. The topological polar surface area (TPSA) is 12.9 Å². The van der Waals surface area contributed by atoms with E-state index >= 15 is 0 Å². The number of benzene rings is 3. The summed E-state index contributed by atoms with van der Waals surface area (Å²) in [6.07, 6.45) is 3.69. The van der Waals surface area contributed by atoms with Crippen LogP contribution in [0.5, 0.6) is 0 Å². The third-order valence-electron chi connectivity index (χ3n) is 5.18. The van der Waals surface area contributed by atoms with Gasteiger partial charge in [0.05, 0.1) is 11.4 Å². The fourth-order valence-electron chi connectivity index (χ4n) is 3.89. The Labute approximate surface area is 148 Å². The quantitative estimate of drug-likeness (QED) is 0.437. The maximum absolute atomic E-state index is 5.07. The van der Waals surface area contributed by atoms with E-state index in [1.54, 1.807) is 0 Å². The first-order valence-electron chi connectivity index (χ1n) is 8.96. The largest absolute Gasteiger partial charge is 0.247 e. The highest BCUT2D eigenvalue weighted by atomic mass is 14.7. The van der Waals surface area contributed by atoms with E-state index in [-0.39, 0.29) is 0 Å². The minimum atomic E-state index is 1.06. The number of fused-ring (bicyclic) bond motifs is 2. The van der Waals surface area contributed by atoms with Crippen LogP contribution in [0, 0.1) is 0 Å². The van der Waals surface area contributed by atoms with Gasteiger partial charge in [0, 0.05) is 16.5 Å². The number of aromatic nitrogens is 1. The minimum absolute atomic E-state index is 1.06. The molecule has 1 heterocycles. The lowest BCUT2D eigenvalue weighted by Crippen LogP contribution is -1.92. The van der Waals surface area contributed by atoms with Crippen molar-refractivity contribution >= 4 is 10.8 Å². The van der Waals surface area contributed by atoms with Gasteiger partial charge in [-0.25, -0.2) is 4.98 Å². The van der Waals surface area contributed by atoms with Gasteiger partial charge in [-0.05, 0) is 47.9 Å². The summed E-state index contributed by atoms with van der Waals surface area (Å²) in [5.41, 5.74) is 7.52. The van der Waals surface area contributed by atoms with Crippen molar-refractivity contribution < 1.29 is 0 Å². The maximum atomic E-state index is 5.07. The van der Waals surface area contributed by atoms with E-state index in [1.807, 2.05) is 0 Å². The average molecular weight is 321 g/mol. The number of hydrogen-bond donors (Lipinski definition) is 0. The van der Waals surface area contributed by atoms with Crippen molar-refractivity contribution in [3.8, 4) is 22.5 Å². The van der Waals surface area contributed by atoms with E-state index in [2.05, 4.69) is 78.9 Å². The summed E-state index contributed by atoms with van der Waals surface area (Å²) >= 11 is 0. The van der Waals surface area contributed by atoms with Gasteiger partial charge in [-0.2, -0.15) is 0 Å². The van der Waals surface area contributed by atoms with Gasteiger partial charge in [0.2, 0.25) is 0 Å². The smallest absolute Gasteiger partial charge is 0.0787 e. The molecule has 0 radical (unpaired) electrons. The molecule has 0 aliphatic heterocycles. The number of rotatable bonds is 2. The van der Waals surface area contributed by atoms with Crippen molar-refractivity contribution in [3.63, 3.8) is 0 Å². The van der Waals surface area contributed by atoms with Crippen LogP contribution >= 0.6 is 0 Å². The van der Waals surface area contributed by atoms with Gasteiger partial charge in [-0.1, -0.05) is 66.7 Å². The van der Waals surface area contributed by atoms with Crippen LogP contribution in [-0.4, -0.2) is 4.98 Å². The molecule has 1 aliphatic rings. The Morgan fingerprint density at radius 2 is 1.44 bits per heavy atom. The number of hydrogen-bond acceptors (Lipinski definition) is 1. The Bertz CT molecular complexity index is 1060. The van der Waals surface area contributed by atoms with E-state index in [1.165, 1.54) is 52.3 Å². The molecule has 5 rings (SSSR count). The highest BCUT2D eigenvalue weighted by Gasteiger charge is 2.14. The van der Waals surface area contributed by atoms with Crippen LogP contribution in [0.4, 0.5) is 0 Å². The second-order valence-corrected chi connectivity index (χ2v) is 6.78. The molecule has 0 amide bonds. The third kappa shape index (κ3) is 2.53. The molecule has 0 N–H and O–H groups in total. The summed E-state index contributed by atoms with van der Waals surface area (Å²) in [7, 11) is 0. The van der Waals surface area contributed by atoms with Crippen LogP contribution in [0.25, 0.3) is 33.3 Å². The molecule has 1 aromatic heterocycles. The molecular weight excluding hydrogens is 302 g/mol. The van der Waals surface area contributed by atoms with E-state index in [9.17, 15) is 0 Å². The predicted molar refractivity (Wildman–Crippen MR) is 105 cm³/mol. The molecule has 1 nitrogen and oxygen atoms in total. The summed E-state index contributed by atoms with van der Waals surface area (Å²) in [5, 5.41) is 2.45. The van der Waals surface area contributed by atoms with Crippen LogP contribution < -0.4 is 0 Å². The molecule has 0 atom stereocenters. The number of aryl methyl sites for hydroxylation is 2. The van der Waals surface area contributed by atoms with Crippen molar-refractivity contribution in [1.29, 1.82) is 0 Å². The normalized spacial score (nSPS) is 13.1. The van der Waals surface area contributed by atoms with Crippen LogP contribution in [-0.2, 0) is 12.8 Å². The molecule has 0 spiro atoms. The molecule has 0 bridgehead atoms. The molecule has 0 unspecified atom stereocenters. The van der Waals surface area contributed by atoms with E-state index < -0.39 is 0 Å². The lowest BCUT2D eigenvalue weighted by Gasteiger charge is -2.11. The first-order chi connectivity index (χ1) is 12.4. The standard InChI is InChI=1S/C24H19N/c1-2-7-18(8-3-1)24-22-12-5-4-9-20(22)16-23(25-24)21-14-13-17-10-6-11-19(17)15-21/h1-5,7-9,12-16H,6,10-11H2. The lowest BCUT2D eigenvalue weighted by molar-refractivity contribution is 0.912. The summed E-state index contributed by atoms with van der Waals surface area (Å²) in [6.45, 7) is 0. The fourth-order valence-corrected chi connectivity index (χ4v) is 3.89. The third-order valence-corrected chi connectivity index (χ3v) is 5.18. The molecule has 1 heteroatoms. The van der Waals surface area contributed by atoms with Gasteiger partial charge >= 0.3 is 0 Å². The maximum Gasteiger partial charge on any atom is 0.0787 e. The molecule has 25 heavy (non-hydrogen) atoms. The molecule has 3 aromatic carbocycles. The van der Waals surface area contributed by atoms with E-state index in [0.29, 0.717) is 0 Å². The minimum Gasteiger partial charge on any atom is -0.247 e. The summed E-state index contributed by atoms with van der Waals surface area (Å²) < 4.78 is 0. The molecule has 0 saturated carbocycles. The van der Waals surface area contributed by atoms with E-state index in [0.717, 1.165) is 11.4 Å². The molecule has 1 aliphatic carbocycles. The number of pyridine rings is 1. The van der Waals surface area contributed by atoms with Gasteiger partial charge in [0.15, 0.2) is 0 Å². The first kappa shape index (κ1) is 14.4. The zero-order valence-electron chi connectivity index (χ0n) is 14.1. The van der Waals surface area contributed by atoms with Crippen molar-refractivity contribution in [2.24, 2.45) is 0 Å². The first-order valence-corrected chi connectivity index (χ1v) is 8.96. The SMILES string of the molecule is c1ccc(-c2nc(-c3ccc4c(c3)CCC4)cc3ccccc23)cc1. The van der Waals surface area contributed by atoms with Crippen molar-refractivity contribution in [1.82, 2.24) is 4.98 Å². The Kier molecular flexibility index (Phi) is 3.38. The highest BCUT2D eigenvalue weighted by Crippen LogP contribution is 2.33. The Balaban J connectivity index is 1.74. The van der Waals surface area contributed by atoms with Crippen molar-refractivity contribution in [2.75, 3.05) is 0 Å². The fraction of sp³-hybridized carbons (Fsp3) is 0.125. The summed E-state index contributed by atoms with van der Waals surface area (Å²) in [5.74, 6) is 0. The molecule has 0 saturated heterocycles. The number of nitrogens with zero attached hydrogens (tertiary/aromatic N) is 1. The van der Waals surface area contributed by atoms with Gasteiger partial charge in [0.1, 0.15) is 0 Å². The van der Waals surface area contributed by atoms with Crippen LogP contribution in [0.2, 0.25) is 0 Å². The summed E-state index contributed by atoms with van der Waals surface area (Å²) in [6, 6.07) is 28.1. The second kappa shape index (κ2) is 5.86. The molecular formula is C24H19N. The van der Waals surface area contributed by atoms with E-state index in [4.69, 9.17) is 4.98 Å². The van der Waals surface area contributed by atoms with Crippen molar-refractivity contribution in [2.45, 2.75) is 19.3 Å². The Hall–Kier alpha value is -2.93. The summed E-state index contributed by atoms with van der Waals surface area (Å²) in [4.78, 5) is 5.07. The zero-order chi connectivity index (χ0) is 16.6. The zero-order valence-corrected chi connectivity index (χ0v) is 14.1. The van der Waals surface area contributed by atoms with Gasteiger partial charge in [0.25, 0.3) is 0 Å².